The van der Waals surface area contributed by atoms with Crippen LogP contribution in [-0.2, 0) is 6.54 Å². The van der Waals surface area contributed by atoms with Crippen LogP contribution in [0.4, 0.5) is 0 Å². The van der Waals surface area contributed by atoms with Gasteiger partial charge in [-0.05, 0) is 19.4 Å². The lowest BCUT2D eigenvalue weighted by molar-refractivity contribution is 0.0684. The fourth-order valence-corrected chi connectivity index (χ4v) is 1.87. The van der Waals surface area contributed by atoms with Crippen molar-refractivity contribution in [3.8, 4) is 0 Å². The van der Waals surface area contributed by atoms with Gasteiger partial charge in [0.2, 0.25) is 0 Å². The molecule has 0 spiro atoms. The maximum atomic E-state index is 12.3. The van der Waals surface area contributed by atoms with Crippen LogP contribution in [0.25, 0.3) is 0 Å². The van der Waals surface area contributed by atoms with Crippen LogP contribution in [-0.4, -0.2) is 27.0 Å². The average molecular weight is 259 g/mol. The van der Waals surface area contributed by atoms with Crippen molar-refractivity contribution in [3.05, 3.63) is 58.0 Å². The number of aromatic amines is 2. The second-order valence-electron chi connectivity index (χ2n) is 4.68. The minimum Gasteiger partial charge on any atom is -0.331 e. The molecule has 0 saturated heterocycles. The summed E-state index contributed by atoms with van der Waals surface area (Å²) in [6, 6.07) is 11.1. The van der Waals surface area contributed by atoms with E-state index in [2.05, 4.69) is 10.2 Å². The average Bonchev–Trinajstić information content (AvgIpc) is 2.83. The van der Waals surface area contributed by atoms with Crippen molar-refractivity contribution in [3.63, 3.8) is 0 Å². The normalized spacial score (nSPS) is 10.7. The highest BCUT2D eigenvalue weighted by molar-refractivity contribution is 5.92. The van der Waals surface area contributed by atoms with E-state index in [1.165, 1.54) is 6.07 Å². The minimum atomic E-state index is -0.299. The van der Waals surface area contributed by atoms with E-state index in [0.717, 1.165) is 5.56 Å². The van der Waals surface area contributed by atoms with E-state index < -0.39 is 0 Å². The van der Waals surface area contributed by atoms with E-state index in [9.17, 15) is 9.59 Å². The second-order valence-corrected chi connectivity index (χ2v) is 4.68. The Morgan fingerprint density at radius 1 is 1.21 bits per heavy atom. The molecule has 1 heterocycles. The Balaban J connectivity index is 2.21. The molecule has 0 unspecified atom stereocenters. The maximum absolute atomic E-state index is 12.3. The zero-order valence-electron chi connectivity index (χ0n) is 11.0. The van der Waals surface area contributed by atoms with Crippen molar-refractivity contribution >= 4 is 5.91 Å². The first-order valence-electron chi connectivity index (χ1n) is 6.20. The number of rotatable bonds is 4. The van der Waals surface area contributed by atoms with E-state index in [0.29, 0.717) is 6.54 Å². The highest BCUT2D eigenvalue weighted by Gasteiger charge is 2.20. The molecule has 0 bridgehead atoms. The number of carbonyl (C=O) groups excluding carboxylic acids is 1. The van der Waals surface area contributed by atoms with E-state index in [1.54, 1.807) is 4.90 Å². The summed E-state index contributed by atoms with van der Waals surface area (Å²) in [6.45, 7) is 4.42. The summed E-state index contributed by atoms with van der Waals surface area (Å²) < 4.78 is 0. The SMILES string of the molecule is CC(C)N(Cc1ccccc1)C(=O)c1cc(=O)[nH][nH]1. The lowest BCUT2D eigenvalue weighted by atomic mass is 10.2. The lowest BCUT2D eigenvalue weighted by Crippen LogP contribution is -2.36. The molecule has 0 aliphatic heterocycles. The highest BCUT2D eigenvalue weighted by Crippen LogP contribution is 2.11. The molecule has 0 fully saturated rings. The second kappa shape index (κ2) is 5.56. The Kier molecular flexibility index (Phi) is 3.85. The molecular formula is C14H17N3O2. The lowest BCUT2D eigenvalue weighted by Gasteiger charge is -2.26. The molecule has 1 amide bonds. The quantitative estimate of drug-likeness (QED) is 0.878. The van der Waals surface area contributed by atoms with Crippen molar-refractivity contribution in [2.75, 3.05) is 0 Å². The summed E-state index contributed by atoms with van der Waals surface area (Å²) in [5.74, 6) is -0.183. The van der Waals surface area contributed by atoms with Gasteiger partial charge in [0.1, 0.15) is 5.69 Å². The molecule has 0 aliphatic carbocycles. The van der Waals surface area contributed by atoms with Crippen LogP contribution in [0.15, 0.2) is 41.2 Å². The predicted molar refractivity (Wildman–Crippen MR) is 72.9 cm³/mol. The minimum absolute atomic E-state index is 0.0473. The molecule has 0 aliphatic rings. The van der Waals surface area contributed by atoms with Crippen LogP contribution in [0.1, 0.15) is 29.9 Å². The van der Waals surface area contributed by atoms with Gasteiger partial charge in [0.05, 0.1) is 0 Å². The first-order valence-corrected chi connectivity index (χ1v) is 6.20. The molecule has 2 rings (SSSR count). The topological polar surface area (TPSA) is 69.0 Å². The van der Waals surface area contributed by atoms with Gasteiger partial charge in [0.15, 0.2) is 0 Å². The molecule has 1 aromatic carbocycles. The van der Waals surface area contributed by atoms with Gasteiger partial charge in [-0.1, -0.05) is 30.3 Å². The molecule has 19 heavy (non-hydrogen) atoms. The summed E-state index contributed by atoms with van der Waals surface area (Å²) in [5.41, 5.74) is 1.05. The molecule has 5 nitrogen and oxygen atoms in total. The summed E-state index contributed by atoms with van der Waals surface area (Å²) in [5, 5.41) is 4.98. The number of hydrogen-bond donors (Lipinski definition) is 2. The zero-order chi connectivity index (χ0) is 13.8. The molecule has 100 valence electrons. The van der Waals surface area contributed by atoms with Crippen molar-refractivity contribution in [1.29, 1.82) is 0 Å². The van der Waals surface area contributed by atoms with Crippen molar-refractivity contribution < 1.29 is 4.79 Å². The van der Waals surface area contributed by atoms with Crippen molar-refractivity contribution in [2.24, 2.45) is 0 Å². The fourth-order valence-electron chi connectivity index (χ4n) is 1.87. The van der Waals surface area contributed by atoms with Gasteiger partial charge in [0.25, 0.3) is 11.5 Å². The van der Waals surface area contributed by atoms with Gasteiger partial charge >= 0.3 is 0 Å². The molecular weight excluding hydrogens is 242 g/mol. The van der Waals surface area contributed by atoms with Crippen molar-refractivity contribution in [2.45, 2.75) is 26.4 Å². The van der Waals surface area contributed by atoms with E-state index in [-0.39, 0.29) is 23.2 Å². The summed E-state index contributed by atoms with van der Waals surface area (Å²) in [4.78, 5) is 25.1. The Hall–Kier alpha value is -2.30. The third kappa shape index (κ3) is 3.13. The van der Waals surface area contributed by atoms with Crippen LogP contribution >= 0.6 is 0 Å². The van der Waals surface area contributed by atoms with Gasteiger partial charge in [-0.25, -0.2) is 0 Å². The third-order valence-electron chi connectivity index (χ3n) is 2.91. The first-order chi connectivity index (χ1) is 9.08. The Labute approximate surface area is 111 Å². The van der Waals surface area contributed by atoms with Gasteiger partial charge in [-0.15, -0.1) is 0 Å². The summed E-state index contributed by atoms with van der Waals surface area (Å²) >= 11 is 0. The molecule has 2 N–H and O–H groups in total. The highest BCUT2D eigenvalue weighted by atomic mass is 16.2. The molecule has 0 atom stereocenters. The van der Waals surface area contributed by atoms with Crippen LogP contribution in [0.2, 0.25) is 0 Å². The number of nitrogens with zero attached hydrogens (tertiary/aromatic N) is 1. The number of carbonyl (C=O) groups is 1. The number of H-pyrrole nitrogens is 2. The number of hydrogen-bond acceptors (Lipinski definition) is 2. The van der Waals surface area contributed by atoms with E-state index in [1.807, 2.05) is 44.2 Å². The van der Waals surface area contributed by atoms with Gasteiger partial charge < -0.3 is 4.90 Å². The summed E-state index contributed by atoms with van der Waals surface area (Å²) in [6.07, 6.45) is 0. The van der Waals surface area contributed by atoms with E-state index >= 15 is 0 Å². The smallest absolute Gasteiger partial charge is 0.272 e. The largest absolute Gasteiger partial charge is 0.331 e. The number of benzene rings is 1. The van der Waals surface area contributed by atoms with Crippen LogP contribution < -0.4 is 5.56 Å². The van der Waals surface area contributed by atoms with Gasteiger partial charge in [-0.3, -0.25) is 19.8 Å². The Morgan fingerprint density at radius 3 is 2.42 bits per heavy atom. The molecule has 1 aromatic heterocycles. The van der Waals surface area contributed by atoms with Gasteiger partial charge in [0, 0.05) is 18.7 Å². The van der Waals surface area contributed by atoms with Crippen LogP contribution in [0, 0.1) is 0 Å². The fraction of sp³-hybridized carbons (Fsp3) is 0.286. The third-order valence-corrected chi connectivity index (χ3v) is 2.91. The Morgan fingerprint density at radius 2 is 1.89 bits per heavy atom. The van der Waals surface area contributed by atoms with Crippen LogP contribution in [0.3, 0.4) is 0 Å². The summed E-state index contributed by atoms with van der Waals surface area (Å²) in [7, 11) is 0. The zero-order valence-corrected chi connectivity index (χ0v) is 11.0. The molecule has 5 heteroatoms. The van der Waals surface area contributed by atoms with Crippen molar-refractivity contribution in [1.82, 2.24) is 15.1 Å². The predicted octanol–water partition coefficient (Wildman–Crippen LogP) is 1.75. The number of aromatic nitrogens is 2. The molecule has 0 radical (unpaired) electrons. The molecule has 0 saturated carbocycles. The monoisotopic (exact) mass is 259 g/mol. The number of nitrogens with one attached hydrogen (secondary N) is 2. The first kappa shape index (κ1) is 13.1. The Bertz CT molecular complexity index is 598. The maximum Gasteiger partial charge on any atom is 0.272 e. The van der Waals surface area contributed by atoms with E-state index in [4.69, 9.17) is 0 Å². The van der Waals surface area contributed by atoms with Crippen LogP contribution in [0.5, 0.6) is 0 Å². The van der Waals surface area contributed by atoms with Gasteiger partial charge in [-0.2, -0.15) is 0 Å². The number of amides is 1. The standard InChI is InChI=1S/C14H17N3O2/c1-10(2)17(9-11-6-4-3-5-7-11)14(19)12-8-13(18)16-15-12/h3-8,10H,9H2,1-2H3,(H2,15,16,18). The molecule has 2 aromatic rings.